The van der Waals surface area contributed by atoms with E-state index in [9.17, 15) is 40.4 Å². The predicted octanol–water partition coefficient (Wildman–Crippen LogP) is 4.28. The number of aromatic nitrogens is 1. The molecule has 252 valence electrons. The highest BCUT2D eigenvalue weighted by Crippen LogP contribution is 2.54. The molecule has 2 bridgehead atoms. The van der Waals surface area contributed by atoms with Gasteiger partial charge in [-0.1, -0.05) is 11.6 Å². The Kier molecular flexibility index (Phi) is 8.33. The molecule has 4 aliphatic carbocycles. The van der Waals surface area contributed by atoms with E-state index in [0.717, 1.165) is 30.7 Å². The molecule has 3 N–H and O–H groups in total. The smallest absolute Gasteiger partial charge is 0.419 e. The van der Waals surface area contributed by atoms with Crippen LogP contribution < -0.4 is 20.7 Å². The van der Waals surface area contributed by atoms with Crippen LogP contribution in [-0.4, -0.2) is 61.8 Å². The molecule has 4 aliphatic rings. The van der Waals surface area contributed by atoms with E-state index in [2.05, 4.69) is 27.0 Å². The fourth-order valence-corrected chi connectivity index (χ4v) is 8.08. The normalized spacial score (nSPS) is 25.4. The van der Waals surface area contributed by atoms with Gasteiger partial charge in [0, 0.05) is 36.6 Å². The first-order chi connectivity index (χ1) is 22.1. The summed E-state index contributed by atoms with van der Waals surface area (Å²) in [5.41, 5.74) is -0.792. The highest BCUT2D eigenvalue weighted by molar-refractivity contribution is 7.92. The van der Waals surface area contributed by atoms with Crippen molar-refractivity contribution in [2.24, 2.45) is 23.7 Å². The molecule has 0 radical (unpaired) electrons. The number of rotatable bonds is 10. The number of benzene rings is 1. The monoisotopic (exact) mass is 678 g/mol. The summed E-state index contributed by atoms with van der Waals surface area (Å²) in [7, 11) is -2.09. The number of nitrogens with zero attached hydrogens (tertiary/aromatic N) is 1. The van der Waals surface area contributed by atoms with Gasteiger partial charge in [0.25, 0.3) is 11.8 Å². The Morgan fingerprint density at radius 1 is 1.06 bits per heavy atom. The summed E-state index contributed by atoms with van der Waals surface area (Å²) >= 11 is 0. The van der Waals surface area contributed by atoms with Gasteiger partial charge in [-0.3, -0.25) is 14.4 Å². The number of fused-ring (bicyclic) bond motifs is 2. The summed E-state index contributed by atoms with van der Waals surface area (Å²) in [6.07, 6.45) is 3.73. The van der Waals surface area contributed by atoms with Crippen LogP contribution in [0.25, 0.3) is 0 Å². The van der Waals surface area contributed by atoms with Crippen LogP contribution in [0.2, 0.25) is 0 Å². The topological polar surface area (TPSA) is 144 Å². The summed E-state index contributed by atoms with van der Waals surface area (Å²) < 4.78 is 82.5. The van der Waals surface area contributed by atoms with E-state index in [1.54, 1.807) is 0 Å². The Hall–Kier alpha value is -4.01. The highest BCUT2D eigenvalue weighted by Gasteiger charge is 2.55. The number of alkyl halides is 3. The number of sulfone groups is 1. The number of pyridine rings is 1. The number of methoxy groups -OCH3 is 1. The van der Waals surface area contributed by atoms with Gasteiger partial charge in [0.15, 0.2) is 9.84 Å². The fourth-order valence-electron chi connectivity index (χ4n) is 6.90. The zero-order chi connectivity index (χ0) is 33.9. The minimum atomic E-state index is -4.96. The zero-order valence-corrected chi connectivity index (χ0v) is 26.4. The molecular weight excluding hydrogens is 644 g/mol. The van der Waals surface area contributed by atoms with Crippen molar-refractivity contribution in [3.8, 4) is 5.88 Å². The molecule has 47 heavy (non-hydrogen) atoms. The van der Waals surface area contributed by atoms with E-state index < -0.39 is 61.8 Å². The lowest BCUT2D eigenvalue weighted by molar-refractivity contribution is -0.140. The van der Waals surface area contributed by atoms with Gasteiger partial charge in [-0.05, 0) is 74.6 Å². The number of allylic oxidation sites excluding steroid dienone is 1. The summed E-state index contributed by atoms with van der Waals surface area (Å²) in [4.78, 5) is 44.6. The van der Waals surface area contributed by atoms with E-state index in [0.29, 0.717) is 43.7 Å². The van der Waals surface area contributed by atoms with Crippen molar-refractivity contribution in [2.75, 3.05) is 25.2 Å². The van der Waals surface area contributed by atoms with Crippen LogP contribution in [0.15, 0.2) is 42.1 Å². The highest BCUT2D eigenvalue weighted by atomic mass is 32.2. The average Bonchev–Trinajstić information content (AvgIpc) is 3.93. The molecule has 0 spiro atoms. The van der Waals surface area contributed by atoms with Crippen molar-refractivity contribution in [3.63, 3.8) is 0 Å². The number of ether oxygens (including phenoxy) is 1. The van der Waals surface area contributed by atoms with E-state index in [1.165, 1.54) is 19.4 Å². The Bertz CT molecular complexity index is 1770. The molecular formula is C32H34F4N4O6S. The van der Waals surface area contributed by atoms with Crippen LogP contribution in [0.1, 0.15) is 64.8 Å². The Labute approximate surface area is 268 Å². The lowest BCUT2D eigenvalue weighted by Crippen LogP contribution is -2.48. The second-order valence-electron chi connectivity index (χ2n) is 12.9. The number of carbonyl (C=O) groups excluding carboxylic acids is 3. The summed E-state index contributed by atoms with van der Waals surface area (Å²) in [5.74, 6) is -4.39. The zero-order valence-electron chi connectivity index (χ0n) is 25.6. The molecule has 15 heteroatoms. The minimum absolute atomic E-state index is 0.00594. The second-order valence-corrected chi connectivity index (χ2v) is 15.3. The number of anilines is 1. The number of hydrogen-bond acceptors (Lipinski definition) is 7. The molecule has 1 aromatic carbocycles. The first kappa shape index (κ1) is 32.9. The summed E-state index contributed by atoms with van der Waals surface area (Å²) in [6, 6.07) is 2.78. The van der Waals surface area contributed by atoms with E-state index in [4.69, 9.17) is 4.74 Å². The third-order valence-corrected chi connectivity index (χ3v) is 11.9. The Morgan fingerprint density at radius 2 is 1.77 bits per heavy atom. The summed E-state index contributed by atoms with van der Waals surface area (Å²) in [5, 5.41) is 8.05. The van der Waals surface area contributed by atoms with E-state index in [-0.39, 0.29) is 41.1 Å². The lowest BCUT2D eigenvalue weighted by atomic mass is 9.83. The first-order valence-corrected chi connectivity index (χ1v) is 17.2. The number of amides is 3. The molecule has 2 aromatic rings. The molecule has 1 aromatic heterocycles. The number of hydrogen-bond donors (Lipinski definition) is 3. The number of carbonyl (C=O) groups is 3. The van der Waals surface area contributed by atoms with Gasteiger partial charge < -0.3 is 20.7 Å². The standard InChI is InChI=1S/C32H34F4N4O6S/c1-46-30-22(12-17(14-37-30)27(41)38-15-31(9-10-31)47(2,44)45)28(42)40-26-20-7-6-19(21(20)11-16-3-4-16)25(26)29(43)39-18-5-8-24(33)23(13-18)32(34,35)36/h5,8,11-14,16,19-20,25-26H,3-4,6-7,9-10,15H2,1-2H3,(H,38,41)(H,39,43)(H,40,42)/t19-,20+,25-,26+/m0/s1. The maximum absolute atomic E-state index is 13.9. The van der Waals surface area contributed by atoms with E-state index >= 15 is 0 Å². The van der Waals surface area contributed by atoms with Crippen LogP contribution in [-0.2, 0) is 20.8 Å². The third-order valence-electron chi connectivity index (χ3n) is 9.81. The van der Waals surface area contributed by atoms with Crippen molar-refractivity contribution in [2.45, 2.75) is 55.5 Å². The maximum atomic E-state index is 13.9. The van der Waals surface area contributed by atoms with Crippen molar-refractivity contribution in [3.05, 3.63) is 64.6 Å². The molecule has 1 heterocycles. The SMILES string of the molecule is COc1ncc(C(=O)NCC2(S(C)(=O)=O)CC2)cc1C(=O)N[C@H]1[C@@H](C(=O)Nc2ccc(F)c(C(F)(F)F)c2)[C@H]2CC[C@@H]1C2=CC1CC1. The largest absolute Gasteiger partial charge is 0.480 e. The van der Waals surface area contributed by atoms with Gasteiger partial charge in [-0.15, -0.1) is 0 Å². The van der Waals surface area contributed by atoms with Gasteiger partial charge in [0.2, 0.25) is 11.8 Å². The van der Waals surface area contributed by atoms with Crippen molar-refractivity contribution >= 4 is 33.2 Å². The van der Waals surface area contributed by atoms with Gasteiger partial charge in [-0.25, -0.2) is 17.8 Å². The Morgan fingerprint density at radius 3 is 2.38 bits per heavy atom. The minimum Gasteiger partial charge on any atom is -0.480 e. The second kappa shape index (κ2) is 11.9. The van der Waals surface area contributed by atoms with Crippen LogP contribution in [0.3, 0.4) is 0 Å². The van der Waals surface area contributed by atoms with Gasteiger partial charge in [0.05, 0.1) is 28.9 Å². The maximum Gasteiger partial charge on any atom is 0.419 e. The molecule has 4 atom stereocenters. The molecule has 6 rings (SSSR count). The van der Waals surface area contributed by atoms with Gasteiger partial charge >= 0.3 is 6.18 Å². The molecule has 10 nitrogen and oxygen atoms in total. The Balaban J connectivity index is 1.24. The van der Waals surface area contributed by atoms with E-state index in [1.807, 2.05) is 0 Å². The number of nitrogens with one attached hydrogen (secondary N) is 3. The molecule has 0 aliphatic heterocycles. The fraction of sp³-hybridized carbons (Fsp3) is 0.500. The van der Waals surface area contributed by atoms with Crippen LogP contribution >= 0.6 is 0 Å². The van der Waals surface area contributed by atoms with Crippen molar-refractivity contribution in [1.29, 1.82) is 0 Å². The quantitative estimate of drug-likeness (QED) is 0.252. The molecule has 4 saturated carbocycles. The van der Waals surface area contributed by atoms with Gasteiger partial charge in [-0.2, -0.15) is 13.2 Å². The number of halogens is 4. The molecule has 0 unspecified atom stereocenters. The lowest BCUT2D eigenvalue weighted by Gasteiger charge is -2.30. The molecule has 3 amide bonds. The third kappa shape index (κ3) is 6.46. The predicted molar refractivity (Wildman–Crippen MR) is 162 cm³/mol. The van der Waals surface area contributed by atoms with Crippen molar-refractivity contribution < 1.29 is 45.1 Å². The van der Waals surface area contributed by atoms with Gasteiger partial charge in [0.1, 0.15) is 11.4 Å². The molecule has 0 saturated heterocycles. The average molecular weight is 679 g/mol. The molecule has 4 fully saturated rings. The first-order valence-electron chi connectivity index (χ1n) is 15.3. The van der Waals surface area contributed by atoms with Crippen LogP contribution in [0.5, 0.6) is 5.88 Å². The van der Waals surface area contributed by atoms with Crippen molar-refractivity contribution in [1.82, 2.24) is 15.6 Å². The van der Waals surface area contributed by atoms with Crippen LogP contribution in [0, 0.1) is 29.5 Å². The summed E-state index contributed by atoms with van der Waals surface area (Å²) in [6.45, 7) is -0.0885. The van der Waals surface area contributed by atoms with Crippen LogP contribution in [0.4, 0.5) is 23.2 Å².